The normalized spacial score (nSPS) is 12.4. The zero-order valence-electron chi connectivity index (χ0n) is 59.4. The molecule has 8 nitrogen and oxygen atoms in total. The maximum atomic E-state index is 12.7. The van der Waals surface area contributed by atoms with Gasteiger partial charge < -0.3 is 18.9 Å². The lowest BCUT2D eigenvalue weighted by Gasteiger charge is -2.14. The molecule has 0 saturated carbocycles. The quantitative estimate of drug-likeness (QED) is 0.0257. The molecule has 0 aromatic carbocycles. The number of carbonyl (C=O) groups excluding carboxylic acids is 4. The molecule has 0 aromatic rings. The maximum absolute atomic E-state index is 12.7. The molecule has 0 aromatic heterocycles. The van der Waals surface area contributed by atoms with Crippen LogP contribution in [-0.4, -0.2) is 50.3 Å². The highest BCUT2D eigenvalue weighted by molar-refractivity contribution is 5.70. The van der Waals surface area contributed by atoms with Crippen LogP contribution in [0.5, 0.6) is 0 Å². The summed E-state index contributed by atoms with van der Waals surface area (Å²) in [6.45, 7) is 11.0. The maximum Gasteiger partial charge on any atom is 0.305 e. The molecule has 0 saturated heterocycles. The van der Waals surface area contributed by atoms with Gasteiger partial charge in [0.15, 0.2) is 0 Å². The van der Waals surface area contributed by atoms with E-state index in [1.807, 2.05) is 0 Å². The van der Waals surface area contributed by atoms with E-state index in [4.69, 9.17) is 18.9 Å². The molecule has 0 aliphatic carbocycles. The summed E-state index contributed by atoms with van der Waals surface area (Å²) in [6.07, 6.45) is 82.2. The minimum Gasteiger partial charge on any atom is -0.466 e. The van der Waals surface area contributed by atoms with Crippen molar-refractivity contribution >= 4 is 23.9 Å². The van der Waals surface area contributed by atoms with Crippen LogP contribution in [0.15, 0.2) is 24.3 Å². The largest absolute Gasteiger partial charge is 0.466 e. The number of allylic oxidation sites excluding steroid dienone is 2. The van der Waals surface area contributed by atoms with E-state index in [1.54, 1.807) is 0 Å². The molecule has 2 atom stereocenters. The Morgan fingerprint density at radius 2 is 0.443 bits per heavy atom. The Morgan fingerprint density at radius 3 is 0.705 bits per heavy atom. The van der Waals surface area contributed by atoms with E-state index in [9.17, 15) is 19.2 Å². The van der Waals surface area contributed by atoms with Crippen molar-refractivity contribution in [3.05, 3.63) is 24.3 Å². The molecule has 0 aliphatic heterocycles. The first kappa shape index (κ1) is 85.4. The first-order valence-corrected chi connectivity index (χ1v) is 39.3. The second-order valence-electron chi connectivity index (χ2n) is 27.0. The second kappa shape index (κ2) is 73.4. The summed E-state index contributed by atoms with van der Waals surface area (Å²) >= 11 is 0. The number of carbonyl (C=O) groups is 4. The Labute approximate surface area is 547 Å². The fraction of sp³-hybridized carbons (Fsp3) is 0.900. The van der Waals surface area contributed by atoms with Crippen LogP contribution in [0, 0.1) is 11.8 Å². The number of esters is 4. The fourth-order valence-electron chi connectivity index (χ4n) is 12.1. The van der Waals surface area contributed by atoms with Gasteiger partial charge in [-0.3, -0.25) is 19.2 Å². The summed E-state index contributed by atoms with van der Waals surface area (Å²) < 4.78 is 22.7. The lowest BCUT2D eigenvalue weighted by atomic mass is 9.99. The molecule has 0 spiro atoms. The molecule has 0 amide bonds. The third-order valence-corrected chi connectivity index (χ3v) is 18.1. The van der Waals surface area contributed by atoms with Crippen molar-refractivity contribution < 1.29 is 38.1 Å². The number of hydrogen-bond acceptors (Lipinski definition) is 8. The summed E-state index contributed by atoms with van der Waals surface area (Å²) in [7, 11) is 0. The lowest BCUT2D eigenvalue weighted by Crippen LogP contribution is -2.13. The summed E-state index contributed by atoms with van der Waals surface area (Å²) in [5, 5.41) is 0. The molecule has 0 aliphatic rings. The highest BCUT2D eigenvalue weighted by Gasteiger charge is 2.13. The highest BCUT2D eigenvalue weighted by atomic mass is 16.5. The molecule has 0 N–H and O–H groups in total. The molecule has 8 heteroatoms. The molecule has 2 unspecified atom stereocenters. The minimum absolute atomic E-state index is 0.0291. The number of unbranched alkanes of at least 4 members (excludes halogenated alkanes) is 49. The van der Waals surface area contributed by atoms with Gasteiger partial charge in [-0.05, 0) is 89.9 Å². The molecule has 518 valence electrons. The van der Waals surface area contributed by atoms with Crippen molar-refractivity contribution in [2.24, 2.45) is 11.8 Å². The van der Waals surface area contributed by atoms with Gasteiger partial charge in [-0.25, -0.2) is 0 Å². The first-order chi connectivity index (χ1) is 43.4. The van der Waals surface area contributed by atoms with E-state index in [1.165, 1.54) is 238 Å². The van der Waals surface area contributed by atoms with Crippen LogP contribution in [0.3, 0.4) is 0 Å². The van der Waals surface area contributed by atoms with Gasteiger partial charge in [-0.1, -0.05) is 335 Å². The van der Waals surface area contributed by atoms with Crippen molar-refractivity contribution in [2.45, 2.75) is 426 Å². The molecular weight excluding hydrogens is 1090 g/mol. The molecular formula is C80H150O8. The van der Waals surface area contributed by atoms with Gasteiger partial charge in [-0.15, -0.1) is 0 Å². The zero-order valence-corrected chi connectivity index (χ0v) is 59.4. The summed E-state index contributed by atoms with van der Waals surface area (Å²) in [5.41, 5.74) is 0. The topological polar surface area (TPSA) is 105 Å². The Kier molecular flexibility index (Phi) is 71.2. The zero-order chi connectivity index (χ0) is 63.8. The van der Waals surface area contributed by atoms with Crippen molar-refractivity contribution in [1.82, 2.24) is 0 Å². The van der Waals surface area contributed by atoms with Gasteiger partial charge in [0.1, 0.15) is 0 Å². The van der Waals surface area contributed by atoms with Crippen LogP contribution in [-0.2, 0) is 38.1 Å². The molecule has 88 heavy (non-hydrogen) atoms. The Balaban J connectivity index is 4.10. The van der Waals surface area contributed by atoms with Crippen LogP contribution >= 0.6 is 0 Å². The standard InChI is InChI=1S/C80H150O8/c1-5-9-13-17-21-23-25-27-29-31-33-35-38-47-59-69-79(83)87-73-75(63-53-43-20-16-12-8-4)65-55-45-40-41-49-57-67-77(81)85-71-61-51-52-62-72-86-78(82)68-58-50-42-46-56-66-76(64-54-44-37-19-15-11-7-3)74-88-80(84)70-60-48-39-36-34-32-30-28-26-24-22-18-14-10-6-2/h54-55,64-65,75-76H,5-53,56-63,66-74H2,1-4H3/b64-54+,65-55+. The summed E-state index contributed by atoms with van der Waals surface area (Å²) in [5.74, 6) is 0.312. The van der Waals surface area contributed by atoms with E-state index in [-0.39, 0.29) is 29.8 Å². The average molecular weight is 1240 g/mol. The second-order valence-corrected chi connectivity index (χ2v) is 27.0. The van der Waals surface area contributed by atoms with Crippen molar-refractivity contribution in [3.63, 3.8) is 0 Å². The number of hydrogen-bond donors (Lipinski definition) is 0. The molecule has 0 rings (SSSR count). The Bertz CT molecular complexity index is 1510. The molecule has 0 fully saturated rings. The highest BCUT2D eigenvalue weighted by Crippen LogP contribution is 2.21. The van der Waals surface area contributed by atoms with E-state index in [0.29, 0.717) is 58.0 Å². The minimum atomic E-state index is -0.0982. The predicted octanol–water partition coefficient (Wildman–Crippen LogP) is 25.8. The van der Waals surface area contributed by atoms with Crippen molar-refractivity contribution in [3.8, 4) is 0 Å². The number of ether oxygens (including phenoxy) is 4. The van der Waals surface area contributed by atoms with Crippen molar-refractivity contribution in [1.29, 1.82) is 0 Å². The average Bonchev–Trinajstić information content (AvgIpc) is 3.53. The third-order valence-electron chi connectivity index (χ3n) is 18.1. The van der Waals surface area contributed by atoms with E-state index in [0.717, 1.165) is 135 Å². The van der Waals surface area contributed by atoms with Crippen LogP contribution < -0.4 is 0 Å². The van der Waals surface area contributed by atoms with Gasteiger partial charge in [0.05, 0.1) is 26.4 Å². The van der Waals surface area contributed by atoms with Gasteiger partial charge in [0.25, 0.3) is 0 Å². The van der Waals surface area contributed by atoms with Crippen LogP contribution in [0.2, 0.25) is 0 Å². The van der Waals surface area contributed by atoms with Crippen LogP contribution in [0.1, 0.15) is 426 Å². The SMILES string of the molecule is CCCCCCC/C=C/C(CCCCCCCC(=O)OCCCCCCOC(=O)CCCCCC/C=C/C(CCCCCCCC)COC(=O)CCCCCCCCCCCCCCCCC)COC(=O)CCCCCCCCCCCCCCCCC. The van der Waals surface area contributed by atoms with E-state index >= 15 is 0 Å². The first-order valence-electron chi connectivity index (χ1n) is 39.3. The molecule has 0 heterocycles. The summed E-state index contributed by atoms with van der Waals surface area (Å²) in [4.78, 5) is 50.1. The van der Waals surface area contributed by atoms with E-state index < -0.39 is 0 Å². The monoisotopic (exact) mass is 1240 g/mol. The van der Waals surface area contributed by atoms with Gasteiger partial charge in [0.2, 0.25) is 0 Å². The van der Waals surface area contributed by atoms with Gasteiger partial charge >= 0.3 is 23.9 Å². The van der Waals surface area contributed by atoms with Crippen molar-refractivity contribution in [2.75, 3.05) is 26.4 Å². The lowest BCUT2D eigenvalue weighted by molar-refractivity contribution is -0.145. The number of rotatable bonds is 73. The Hall–Kier alpha value is -2.64. The predicted molar refractivity (Wildman–Crippen MR) is 378 cm³/mol. The van der Waals surface area contributed by atoms with Gasteiger partial charge in [-0.2, -0.15) is 0 Å². The molecule has 0 bridgehead atoms. The van der Waals surface area contributed by atoms with Crippen LogP contribution in [0.4, 0.5) is 0 Å². The summed E-state index contributed by atoms with van der Waals surface area (Å²) in [6, 6.07) is 0. The smallest absolute Gasteiger partial charge is 0.305 e. The third kappa shape index (κ3) is 69.3. The molecule has 0 radical (unpaired) electrons. The van der Waals surface area contributed by atoms with Crippen LogP contribution in [0.25, 0.3) is 0 Å². The Morgan fingerprint density at radius 1 is 0.239 bits per heavy atom. The van der Waals surface area contributed by atoms with Gasteiger partial charge in [0, 0.05) is 37.5 Å². The fourth-order valence-corrected chi connectivity index (χ4v) is 12.1. The van der Waals surface area contributed by atoms with E-state index in [2.05, 4.69) is 52.0 Å².